The lowest BCUT2D eigenvalue weighted by molar-refractivity contribution is 0.00578. The normalized spacial score (nSPS) is 14.9. The van der Waals surface area contributed by atoms with Gasteiger partial charge >= 0.3 is 7.12 Å². The van der Waals surface area contributed by atoms with Crippen molar-refractivity contribution in [2.75, 3.05) is 0 Å². The molecule has 21 rings (SSSR count). The fourth-order valence-electron chi connectivity index (χ4n) is 16.3. The molecule has 0 spiro atoms. The van der Waals surface area contributed by atoms with Crippen LogP contribution in [-0.2, 0) is 20.1 Å². The molecule has 0 amide bonds. The third-order valence-electron chi connectivity index (χ3n) is 21.7. The monoisotopic (exact) mass is 1370 g/mol. The lowest BCUT2D eigenvalue weighted by atomic mass is 9.67. The number of hydrogen-bond donors (Lipinski definition) is 0. The summed E-state index contributed by atoms with van der Waals surface area (Å²) in [5.74, 6) is 0. The molecule has 0 saturated carbocycles. The van der Waals surface area contributed by atoms with Crippen molar-refractivity contribution in [2.24, 2.45) is 0 Å². The Morgan fingerprint density at radius 1 is 0.257 bits per heavy atom. The first-order valence-corrected chi connectivity index (χ1v) is 35.0. The Morgan fingerprint density at radius 3 is 1.03 bits per heavy atom. The Hall–Kier alpha value is -11.3. The summed E-state index contributed by atoms with van der Waals surface area (Å²) < 4.78 is 38.8. The van der Waals surface area contributed by atoms with E-state index in [-0.39, 0.29) is 7.43 Å². The summed E-state index contributed by atoms with van der Waals surface area (Å²) in [6, 6.07) is 112. The predicted octanol–water partition coefficient (Wildman–Crippen LogP) is 24.6. The highest BCUT2D eigenvalue weighted by molar-refractivity contribution is 9.10. The average Bonchev–Trinajstić information content (AvgIpc) is 1.54. The van der Waals surface area contributed by atoms with Gasteiger partial charge < -0.3 is 34.4 Å². The van der Waals surface area contributed by atoms with Crippen LogP contribution in [0.15, 0.2) is 338 Å². The van der Waals surface area contributed by atoms with E-state index in [4.69, 9.17) is 27.0 Å². The van der Waals surface area contributed by atoms with E-state index in [1.165, 1.54) is 72.1 Å². The van der Waals surface area contributed by atoms with E-state index in [9.17, 15) is 0 Å². The van der Waals surface area contributed by atoms with Crippen LogP contribution >= 0.6 is 15.9 Å². The minimum absolute atomic E-state index is 0. The van der Waals surface area contributed by atoms with Crippen molar-refractivity contribution in [1.29, 1.82) is 0 Å². The molecule has 0 radical (unpaired) electrons. The molecular formula is C93H67BBrO6-. The minimum Gasteiger partial charge on any atom is -0.456 e. The molecule has 1 fully saturated rings. The van der Waals surface area contributed by atoms with Crippen molar-refractivity contribution >= 4 is 116 Å². The molecule has 18 aromatic rings. The van der Waals surface area contributed by atoms with Crippen molar-refractivity contribution in [3.8, 4) is 33.4 Å². The van der Waals surface area contributed by atoms with E-state index in [0.29, 0.717) is 0 Å². The standard InChI is InChI=1S/C43H26O2.C37H31BO3.C12H7BrO.CH3/c1-3-11-29(12-4-1)43(30-13-5-2-6-14-30)37-17-9-7-15-31(37)33-25-36-35-24-28(20-22-41(35)45-42(36)26-38(33)43)27-19-21-40-34(23-27)32-16-8-10-18-39(32)44-40;1-35(2)36(3,4)41-38(40-35)26-19-20-33-29(21-26)30-22-28-27-17-11-12-18-31(27)37(24-13-7-5-8-14-24,25-15-9-6-10-16-25)32(28)23-34(30)39-33;13-8-5-6-12-10(7-8)9-3-1-2-4-11(9)14-12;/h1-26H;5-23H,1-4H3;1-7H;1H3/q;;;-1. The van der Waals surface area contributed by atoms with Gasteiger partial charge in [0.1, 0.15) is 44.7 Å². The highest BCUT2D eigenvalue weighted by Gasteiger charge is 2.52. The molecule has 4 aromatic heterocycles. The van der Waals surface area contributed by atoms with Crippen LogP contribution in [0.1, 0.15) is 72.2 Å². The van der Waals surface area contributed by atoms with Gasteiger partial charge in [0.05, 0.1) is 22.0 Å². The number of furan rings is 4. The van der Waals surface area contributed by atoms with E-state index in [2.05, 4.69) is 317 Å². The first kappa shape index (κ1) is 62.0. The van der Waals surface area contributed by atoms with Gasteiger partial charge in [0.25, 0.3) is 0 Å². The quantitative estimate of drug-likeness (QED) is 0.122. The van der Waals surface area contributed by atoms with Gasteiger partial charge in [-0.05, 0) is 196 Å². The van der Waals surface area contributed by atoms with Gasteiger partial charge in [-0.1, -0.05) is 246 Å². The zero-order chi connectivity index (χ0) is 67.1. The SMILES string of the molecule is Brc1ccc2oc3ccccc3c2c1.CC1(C)OB(c2ccc3oc4cc5c(cc4c3c2)-c2ccccc2C5(c2ccccc2)c2ccccc2)OC1(C)C.[CH3-].c1ccc(C2(c3ccccc3)c3ccccc3-c3cc4c(cc32)oc2ccc(-c3ccc5oc6ccccc6c5c3)cc24)cc1. The topological polar surface area (TPSA) is 71.0 Å². The molecule has 1 aliphatic heterocycles. The number of benzene rings is 14. The Kier molecular flexibility index (Phi) is 14.6. The highest BCUT2D eigenvalue weighted by Crippen LogP contribution is 2.59. The van der Waals surface area contributed by atoms with Gasteiger partial charge in [-0.25, -0.2) is 0 Å². The highest BCUT2D eigenvalue weighted by atomic mass is 79.9. The summed E-state index contributed by atoms with van der Waals surface area (Å²) in [4.78, 5) is 0. The third kappa shape index (κ3) is 9.60. The van der Waals surface area contributed by atoms with Crippen LogP contribution in [0.2, 0.25) is 0 Å². The molecule has 3 aliphatic rings. The smallest absolute Gasteiger partial charge is 0.456 e. The van der Waals surface area contributed by atoms with E-state index in [1.807, 2.05) is 42.5 Å². The summed E-state index contributed by atoms with van der Waals surface area (Å²) in [6.07, 6.45) is 0. The maximum Gasteiger partial charge on any atom is 0.494 e. The number of hydrogen-bond acceptors (Lipinski definition) is 6. The molecule has 0 atom stereocenters. The van der Waals surface area contributed by atoms with E-state index >= 15 is 0 Å². The molecule has 5 heterocycles. The minimum atomic E-state index is -0.449. The van der Waals surface area contributed by atoms with Crippen molar-refractivity contribution < 1.29 is 27.0 Å². The van der Waals surface area contributed by atoms with Gasteiger partial charge in [0.15, 0.2) is 0 Å². The summed E-state index contributed by atoms with van der Waals surface area (Å²) in [5, 5.41) is 9.03. The Balaban J connectivity index is 0.000000121. The maximum absolute atomic E-state index is 6.63. The van der Waals surface area contributed by atoms with Crippen LogP contribution in [-0.4, -0.2) is 18.3 Å². The summed E-state index contributed by atoms with van der Waals surface area (Å²) in [7, 11) is -0.423. The van der Waals surface area contributed by atoms with Crippen molar-refractivity contribution in [3.05, 3.63) is 372 Å². The molecule has 0 unspecified atom stereocenters. The van der Waals surface area contributed by atoms with E-state index in [1.54, 1.807) is 0 Å². The lowest BCUT2D eigenvalue weighted by Crippen LogP contribution is -2.41. The number of halogens is 1. The van der Waals surface area contributed by atoms with Crippen molar-refractivity contribution in [2.45, 2.75) is 49.7 Å². The molecule has 101 heavy (non-hydrogen) atoms. The summed E-state index contributed by atoms with van der Waals surface area (Å²) >= 11 is 3.46. The Morgan fingerprint density at radius 2 is 0.584 bits per heavy atom. The van der Waals surface area contributed by atoms with Gasteiger partial charge in [-0.3, -0.25) is 0 Å². The zero-order valence-corrected chi connectivity index (χ0v) is 58.0. The largest absolute Gasteiger partial charge is 0.494 e. The van der Waals surface area contributed by atoms with Crippen LogP contribution in [0, 0.1) is 7.43 Å². The molecule has 0 bridgehead atoms. The molecule has 2 aliphatic carbocycles. The maximum atomic E-state index is 6.63. The van der Waals surface area contributed by atoms with Crippen LogP contribution in [0.25, 0.3) is 121 Å². The first-order chi connectivity index (χ1) is 48.9. The van der Waals surface area contributed by atoms with Crippen LogP contribution in [0.4, 0.5) is 0 Å². The van der Waals surface area contributed by atoms with Gasteiger partial charge in [-0.15, -0.1) is 0 Å². The Bertz CT molecular complexity index is 6170. The lowest BCUT2D eigenvalue weighted by Gasteiger charge is -2.33. The number of rotatable bonds is 6. The number of para-hydroxylation sites is 2. The molecule has 486 valence electrons. The van der Waals surface area contributed by atoms with Gasteiger partial charge in [-0.2, -0.15) is 0 Å². The average molecular weight is 1370 g/mol. The molecule has 1 saturated heterocycles. The fraction of sp³-hybridized carbons (Fsp3) is 0.0860. The van der Waals surface area contributed by atoms with Crippen molar-refractivity contribution in [1.82, 2.24) is 0 Å². The summed E-state index contributed by atoms with van der Waals surface area (Å²) in [5.41, 5.74) is 24.0. The second kappa shape index (κ2) is 23.7. The van der Waals surface area contributed by atoms with E-state index < -0.39 is 29.2 Å². The van der Waals surface area contributed by atoms with Gasteiger partial charge in [0.2, 0.25) is 0 Å². The second-order valence-corrected chi connectivity index (χ2v) is 28.6. The molecule has 8 heteroatoms. The first-order valence-electron chi connectivity index (χ1n) is 34.2. The second-order valence-electron chi connectivity index (χ2n) is 27.6. The molecule has 14 aromatic carbocycles. The molecule has 6 nitrogen and oxygen atoms in total. The van der Waals surface area contributed by atoms with Crippen LogP contribution in [0.5, 0.6) is 0 Å². The molecule has 0 N–H and O–H groups in total. The van der Waals surface area contributed by atoms with E-state index in [0.717, 1.165) is 103 Å². The summed E-state index contributed by atoms with van der Waals surface area (Å²) in [6.45, 7) is 8.35. The fourth-order valence-corrected chi connectivity index (χ4v) is 16.7. The third-order valence-corrected chi connectivity index (χ3v) is 22.2. The van der Waals surface area contributed by atoms with Crippen molar-refractivity contribution in [3.63, 3.8) is 0 Å². The molecular weight excluding hydrogens is 1300 g/mol. The van der Waals surface area contributed by atoms with Gasteiger partial charge in [0, 0.05) is 47.6 Å². The Labute approximate surface area is 594 Å². The van der Waals surface area contributed by atoms with Crippen LogP contribution < -0.4 is 5.46 Å². The van der Waals surface area contributed by atoms with Crippen LogP contribution in [0.3, 0.4) is 0 Å². The predicted molar refractivity (Wildman–Crippen MR) is 418 cm³/mol. The number of fused-ring (bicyclic) bond motifs is 18. The zero-order valence-electron chi connectivity index (χ0n) is 56.4.